The lowest BCUT2D eigenvalue weighted by Crippen LogP contribution is -2.48. The molecule has 1 fully saturated rings. The Morgan fingerprint density at radius 1 is 1.40 bits per heavy atom. The van der Waals surface area contributed by atoms with Crippen molar-refractivity contribution < 1.29 is 14.3 Å². The fraction of sp³-hybridized carbons (Fsp3) is 0.562. The Labute approximate surface area is 120 Å². The normalized spacial score (nSPS) is 20.1. The summed E-state index contributed by atoms with van der Waals surface area (Å²) < 4.78 is 11.0. The zero-order valence-corrected chi connectivity index (χ0v) is 12.5. The lowest BCUT2D eigenvalue weighted by Gasteiger charge is -2.34. The zero-order valence-electron chi connectivity index (χ0n) is 12.5. The lowest BCUT2D eigenvalue weighted by atomic mass is 10.0. The van der Waals surface area contributed by atoms with Gasteiger partial charge in [0, 0.05) is 24.7 Å². The Kier molecular flexibility index (Phi) is 5.15. The largest absolute Gasteiger partial charge is 0.494 e. The minimum atomic E-state index is -0.357. The Bertz CT molecular complexity index is 442. The van der Waals surface area contributed by atoms with Crippen LogP contribution < -0.4 is 4.74 Å². The lowest BCUT2D eigenvalue weighted by molar-refractivity contribution is -0.0256. The van der Waals surface area contributed by atoms with E-state index in [1.807, 2.05) is 31.2 Å². The molecule has 0 N–H and O–H groups in total. The molecule has 0 saturated carbocycles. The molecule has 1 saturated heterocycles. The second kappa shape index (κ2) is 6.86. The third-order valence-electron chi connectivity index (χ3n) is 3.57. The molecule has 4 heteroatoms. The van der Waals surface area contributed by atoms with Gasteiger partial charge < -0.3 is 9.47 Å². The third-order valence-corrected chi connectivity index (χ3v) is 3.57. The molecule has 0 aromatic heterocycles. The van der Waals surface area contributed by atoms with E-state index in [0.717, 1.165) is 12.3 Å². The third kappa shape index (κ3) is 3.58. The first-order valence-electron chi connectivity index (χ1n) is 7.24. The van der Waals surface area contributed by atoms with Crippen LogP contribution in [-0.2, 0) is 4.74 Å². The molecule has 0 amide bonds. The van der Waals surface area contributed by atoms with E-state index in [1.54, 1.807) is 0 Å². The Hall–Kier alpha value is -1.39. The molecule has 1 atom stereocenters. The average molecular weight is 277 g/mol. The molecule has 1 heterocycles. The van der Waals surface area contributed by atoms with Crippen LogP contribution in [0.2, 0.25) is 0 Å². The number of hydrogen-bond acceptors (Lipinski definition) is 4. The van der Waals surface area contributed by atoms with Crippen LogP contribution >= 0.6 is 0 Å². The predicted octanol–water partition coefficient (Wildman–Crippen LogP) is 2.38. The summed E-state index contributed by atoms with van der Waals surface area (Å²) in [6.07, 6.45) is -0.357. The average Bonchev–Trinajstić information content (AvgIpc) is 2.48. The van der Waals surface area contributed by atoms with Crippen LogP contribution in [0.1, 0.15) is 31.1 Å². The van der Waals surface area contributed by atoms with Gasteiger partial charge in [0.1, 0.15) is 11.9 Å². The molecule has 2 rings (SSSR count). The van der Waals surface area contributed by atoms with E-state index in [4.69, 9.17) is 9.47 Å². The van der Waals surface area contributed by atoms with Gasteiger partial charge in [-0.3, -0.25) is 9.69 Å². The highest BCUT2D eigenvalue weighted by atomic mass is 16.5. The standard InChI is InChI=1S/C16H23NO3/c1-4-19-14-7-5-13(6-8-14)16(18)15-11-17(12(2)3)9-10-20-15/h5-8,12,15H,4,9-11H2,1-3H3. The van der Waals surface area contributed by atoms with Gasteiger partial charge in [-0.25, -0.2) is 0 Å². The van der Waals surface area contributed by atoms with Crippen molar-refractivity contribution in [1.82, 2.24) is 4.90 Å². The van der Waals surface area contributed by atoms with Gasteiger partial charge in [-0.2, -0.15) is 0 Å². The first-order chi connectivity index (χ1) is 9.61. The summed E-state index contributed by atoms with van der Waals surface area (Å²) in [5.41, 5.74) is 0.684. The number of carbonyl (C=O) groups excluding carboxylic acids is 1. The minimum Gasteiger partial charge on any atom is -0.494 e. The van der Waals surface area contributed by atoms with Crippen molar-refractivity contribution in [3.63, 3.8) is 0 Å². The molecular weight excluding hydrogens is 254 g/mol. The maximum atomic E-state index is 12.4. The van der Waals surface area contributed by atoms with Gasteiger partial charge in [0.05, 0.1) is 13.2 Å². The van der Waals surface area contributed by atoms with Crippen molar-refractivity contribution in [3.05, 3.63) is 29.8 Å². The number of Topliss-reactive ketones (excluding diaryl/α,β-unsaturated/α-hetero) is 1. The Morgan fingerprint density at radius 3 is 2.70 bits per heavy atom. The minimum absolute atomic E-state index is 0.0541. The van der Waals surface area contributed by atoms with E-state index in [1.165, 1.54) is 0 Å². The monoisotopic (exact) mass is 277 g/mol. The summed E-state index contributed by atoms with van der Waals surface area (Å²) in [6.45, 7) is 9.03. The molecule has 1 aliphatic heterocycles. The van der Waals surface area contributed by atoms with Crippen LogP contribution in [0.25, 0.3) is 0 Å². The first-order valence-corrected chi connectivity index (χ1v) is 7.24. The molecule has 110 valence electrons. The summed E-state index contributed by atoms with van der Waals surface area (Å²) in [7, 11) is 0. The van der Waals surface area contributed by atoms with Crippen molar-refractivity contribution >= 4 is 5.78 Å². The van der Waals surface area contributed by atoms with Gasteiger partial charge in [0.2, 0.25) is 0 Å². The number of carbonyl (C=O) groups is 1. The number of benzene rings is 1. The maximum absolute atomic E-state index is 12.4. The van der Waals surface area contributed by atoms with Crippen molar-refractivity contribution in [2.24, 2.45) is 0 Å². The van der Waals surface area contributed by atoms with Crippen molar-refractivity contribution in [2.75, 3.05) is 26.3 Å². The van der Waals surface area contributed by atoms with Gasteiger partial charge >= 0.3 is 0 Å². The molecule has 0 aliphatic carbocycles. The van der Waals surface area contributed by atoms with Crippen molar-refractivity contribution in [2.45, 2.75) is 32.9 Å². The van der Waals surface area contributed by atoms with Gasteiger partial charge in [-0.1, -0.05) is 0 Å². The van der Waals surface area contributed by atoms with Crippen molar-refractivity contribution in [1.29, 1.82) is 0 Å². The van der Waals surface area contributed by atoms with Crippen LogP contribution in [0, 0.1) is 0 Å². The quantitative estimate of drug-likeness (QED) is 0.775. The number of rotatable bonds is 5. The highest BCUT2D eigenvalue weighted by molar-refractivity contribution is 5.99. The molecule has 0 radical (unpaired) electrons. The van der Waals surface area contributed by atoms with Crippen LogP contribution in [0.15, 0.2) is 24.3 Å². The molecule has 1 aromatic rings. The van der Waals surface area contributed by atoms with E-state index >= 15 is 0 Å². The summed E-state index contributed by atoms with van der Waals surface area (Å²) in [4.78, 5) is 14.7. The first kappa shape index (κ1) is 15.0. The fourth-order valence-corrected chi connectivity index (χ4v) is 2.36. The van der Waals surface area contributed by atoms with E-state index < -0.39 is 0 Å². The van der Waals surface area contributed by atoms with Gasteiger partial charge in [-0.15, -0.1) is 0 Å². The number of ether oxygens (including phenoxy) is 2. The van der Waals surface area contributed by atoms with E-state index in [0.29, 0.717) is 31.4 Å². The topological polar surface area (TPSA) is 38.8 Å². The second-order valence-electron chi connectivity index (χ2n) is 5.27. The highest BCUT2D eigenvalue weighted by Crippen LogP contribution is 2.17. The van der Waals surface area contributed by atoms with Crippen LogP contribution in [0.4, 0.5) is 0 Å². The molecular formula is C16H23NO3. The van der Waals surface area contributed by atoms with Gasteiger partial charge in [0.15, 0.2) is 5.78 Å². The summed E-state index contributed by atoms with van der Waals surface area (Å²) in [5, 5.41) is 0. The van der Waals surface area contributed by atoms with Crippen molar-refractivity contribution in [3.8, 4) is 5.75 Å². The number of ketones is 1. The zero-order chi connectivity index (χ0) is 14.5. The molecule has 1 unspecified atom stereocenters. The van der Waals surface area contributed by atoms with E-state index in [2.05, 4.69) is 18.7 Å². The molecule has 0 spiro atoms. The summed E-state index contributed by atoms with van der Waals surface area (Å²) >= 11 is 0. The molecule has 4 nitrogen and oxygen atoms in total. The Balaban J connectivity index is 2.02. The molecule has 1 aliphatic rings. The summed E-state index contributed by atoms with van der Waals surface area (Å²) in [5.74, 6) is 0.843. The molecule has 0 bridgehead atoms. The van der Waals surface area contributed by atoms with E-state index in [-0.39, 0.29) is 11.9 Å². The van der Waals surface area contributed by atoms with Crippen LogP contribution in [-0.4, -0.2) is 49.1 Å². The van der Waals surface area contributed by atoms with Crippen LogP contribution in [0.5, 0.6) is 5.75 Å². The van der Waals surface area contributed by atoms with Gasteiger partial charge in [0.25, 0.3) is 0 Å². The number of nitrogens with zero attached hydrogens (tertiary/aromatic N) is 1. The second-order valence-corrected chi connectivity index (χ2v) is 5.27. The number of morpholine rings is 1. The smallest absolute Gasteiger partial charge is 0.192 e. The Morgan fingerprint density at radius 2 is 2.10 bits per heavy atom. The SMILES string of the molecule is CCOc1ccc(C(=O)C2CN(C(C)C)CCO2)cc1. The van der Waals surface area contributed by atoms with E-state index in [9.17, 15) is 4.79 Å². The fourth-order valence-electron chi connectivity index (χ4n) is 2.36. The molecule has 1 aromatic carbocycles. The van der Waals surface area contributed by atoms with Crippen LogP contribution in [0.3, 0.4) is 0 Å². The maximum Gasteiger partial charge on any atom is 0.192 e. The molecule has 20 heavy (non-hydrogen) atoms. The van der Waals surface area contributed by atoms with Gasteiger partial charge in [-0.05, 0) is 45.0 Å². The predicted molar refractivity (Wildman–Crippen MR) is 78.4 cm³/mol. The highest BCUT2D eigenvalue weighted by Gasteiger charge is 2.28. The summed E-state index contributed by atoms with van der Waals surface area (Å²) in [6, 6.07) is 7.73. The number of hydrogen-bond donors (Lipinski definition) is 0.